The van der Waals surface area contributed by atoms with Gasteiger partial charge in [0.05, 0.1) is 11.1 Å². The van der Waals surface area contributed by atoms with Crippen LogP contribution in [-0.2, 0) is 11.2 Å². The van der Waals surface area contributed by atoms with Gasteiger partial charge in [-0.2, -0.15) is 0 Å². The highest BCUT2D eigenvalue weighted by Crippen LogP contribution is 2.34. The number of benzene rings is 1. The lowest BCUT2D eigenvalue weighted by molar-refractivity contribution is -0.132. The predicted octanol–water partition coefficient (Wildman–Crippen LogP) is 8.47. The largest absolute Gasteiger partial charge is 0.492 e. The molecule has 1 N–H and O–H groups in total. The maximum atomic E-state index is 10.8. The summed E-state index contributed by atoms with van der Waals surface area (Å²) in [7, 11) is 0. The average Bonchev–Trinajstić information content (AvgIpc) is 2.67. The topological polar surface area (TPSA) is 46.5 Å². The van der Waals surface area contributed by atoms with Gasteiger partial charge >= 0.3 is 5.97 Å². The second-order valence-electron chi connectivity index (χ2n) is 7.67. The van der Waals surface area contributed by atoms with Crippen molar-refractivity contribution < 1.29 is 14.6 Å². The van der Waals surface area contributed by atoms with Crippen LogP contribution < -0.4 is 4.74 Å². The fraction of sp³-hybridized carbons (Fsp3) is 0.625. The first kappa shape index (κ1) is 26.2. The third kappa shape index (κ3) is 11.8. The number of ether oxygens (including phenoxy) is 1. The van der Waals surface area contributed by atoms with E-state index in [1.165, 1.54) is 63.4 Å². The summed E-state index contributed by atoms with van der Waals surface area (Å²) in [4.78, 5) is 10.8. The van der Waals surface area contributed by atoms with Crippen LogP contribution in [0.4, 0.5) is 0 Å². The molecule has 1 aromatic carbocycles. The van der Waals surface area contributed by atoms with Crippen LogP contribution >= 0.6 is 31.9 Å². The first-order valence-electron chi connectivity index (χ1n) is 11.0. The number of halogens is 2. The van der Waals surface area contributed by atoms with E-state index >= 15 is 0 Å². The van der Waals surface area contributed by atoms with E-state index in [9.17, 15) is 4.79 Å². The van der Waals surface area contributed by atoms with Crippen molar-refractivity contribution in [3.8, 4) is 5.75 Å². The number of hydrogen-bond donors (Lipinski definition) is 1. The monoisotopic (exact) mass is 530 g/mol. The molecule has 0 unspecified atom stereocenters. The quantitative estimate of drug-likeness (QED) is 0.162. The van der Waals surface area contributed by atoms with Crippen molar-refractivity contribution in [1.82, 2.24) is 0 Å². The molecule has 0 atom stereocenters. The summed E-state index contributed by atoms with van der Waals surface area (Å²) in [5, 5.41) is 8.89. The second kappa shape index (κ2) is 16.0. The second-order valence-corrected chi connectivity index (χ2v) is 9.44. The molecule has 0 aliphatic carbocycles. The molecular weight excluding hydrogens is 496 g/mol. The summed E-state index contributed by atoms with van der Waals surface area (Å²) in [6, 6.07) is 4.12. The summed E-state index contributed by atoms with van der Waals surface area (Å²) < 4.78 is 7.97. The number of carbonyl (C=O) groups is 1. The predicted molar refractivity (Wildman–Crippen MR) is 129 cm³/mol. The van der Waals surface area contributed by atoms with Gasteiger partial charge in [-0.15, -0.1) is 0 Å². The highest BCUT2D eigenvalue weighted by atomic mass is 79.9. The van der Waals surface area contributed by atoms with Crippen molar-refractivity contribution in [3.63, 3.8) is 0 Å². The third-order valence-corrected chi connectivity index (χ3v) is 6.10. The van der Waals surface area contributed by atoms with E-state index in [4.69, 9.17) is 9.84 Å². The molecular formula is C24H36Br2O3. The van der Waals surface area contributed by atoms with Crippen LogP contribution in [-0.4, -0.2) is 17.7 Å². The van der Waals surface area contributed by atoms with E-state index in [1.54, 1.807) is 0 Å². The maximum absolute atomic E-state index is 10.8. The van der Waals surface area contributed by atoms with Gasteiger partial charge in [0.1, 0.15) is 5.75 Å². The summed E-state index contributed by atoms with van der Waals surface area (Å²) in [5.41, 5.74) is 1.43. The maximum Gasteiger partial charge on any atom is 0.330 e. The molecule has 29 heavy (non-hydrogen) atoms. The molecule has 5 heteroatoms. The molecule has 0 bridgehead atoms. The minimum atomic E-state index is -0.934. The Kier molecular flexibility index (Phi) is 14.4. The Morgan fingerprint density at radius 2 is 1.55 bits per heavy atom. The Hall–Kier alpha value is -0.810. The molecule has 0 aliphatic rings. The van der Waals surface area contributed by atoms with Crippen molar-refractivity contribution in [2.75, 3.05) is 6.61 Å². The molecule has 0 aromatic heterocycles. The molecule has 0 radical (unpaired) electrons. The standard InChI is InChI=1S/C24H36Br2O3/c1-3-4-5-6-7-8-9-10-11-12-15-20-17-21(25)18-22(26)23(20)29-16-13-14-19(2)24(27)28/h17-18H,2-16H2,1H3,(H,27,28). The van der Waals surface area contributed by atoms with Crippen LogP contribution in [0.15, 0.2) is 33.2 Å². The minimum Gasteiger partial charge on any atom is -0.492 e. The van der Waals surface area contributed by atoms with Crippen LogP contribution in [0.2, 0.25) is 0 Å². The van der Waals surface area contributed by atoms with Crippen molar-refractivity contribution in [2.45, 2.75) is 90.4 Å². The van der Waals surface area contributed by atoms with Gasteiger partial charge in [-0.1, -0.05) is 87.2 Å². The zero-order chi connectivity index (χ0) is 21.5. The van der Waals surface area contributed by atoms with Crippen molar-refractivity contribution in [1.29, 1.82) is 0 Å². The summed E-state index contributed by atoms with van der Waals surface area (Å²) in [6.07, 6.45) is 15.3. The molecule has 0 fully saturated rings. The molecule has 0 amide bonds. The van der Waals surface area contributed by atoms with E-state index in [0.29, 0.717) is 19.4 Å². The van der Waals surface area contributed by atoms with Crippen LogP contribution in [0.25, 0.3) is 0 Å². The molecule has 1 rings (SSSR count). The molecule has 0 spiro atoms. The van der Waals surface area contributed by atoms with Gasteiger partial charge in [0.2, 0.25) is 0 Å². The Labute approximate surface area is 193 Å². The number of hydrogen-bond acceptors (Lipinski definition) is 2. The number of aliphatic carboxylic acids is 1. The molecule has 164 valence electrons. The van der Waals surface area contributed by atoms with E-state index < -0.39 is 5.97 Å². The van der Waals surface area contributed by atoms with E-state index in [2.05, 4.69) is 51.4 Å². The fourth-order valence-electron chi connectivity index (χ4n) is 3.33. The zero-order valence-corrected chi connectivity index (χ0v) is 21.0. The lowest BCUT2D eigenvalue weighted by Crippen LogP contribution is -2.05. The normalized spacial score (nSPS) is 10.9. The first-order chi connectivity index (χ1) is 14.0. The smallest absolute Gasteiger partial charge is 0.330 e. The zero-order valence-electron chi connectivity index (χ0n) is 17.8. The number of rotatable bonds is 17. The van der Waals surface area contributed by atoms with Crippen LogP contribution in [0.1, 0.15) is 89.5 Å². The van der Waals surface area contributed by atoms with Crippen LogP contribution in [0, 0.1) is 0 Å². The molecule has 0 saturated carbocycles. The van der Waals surface area contributed by atoms with Gasteiger partial charge in [-0.3, -0.25) is 0 Å². The Bertz CT molecular complexity index is 629. The Morgan fingerprint density at radius 3 is 2.14 bits per heavy atom. The van der Waals surface area contributed by atoms with Crippen molar-refractivity contribution in [3.05, 3.63) is 38.8 Å². The Balaban J connectivity index is 2.35. The number of aryl methyl sites for hydroxylation is 1. The highest BCUT2D eigenvalue weighted by Gasteiger charge is 2.11. The SMILES string of the molecule is C=C(CCCOc1c(Br)cc(Br)cc1CCCCCCCCCCCC)C(=O)O. The fourth-order valence-corrected chi connectivity index (χ4v) is 4.76. The van der Waals surface area contributed by atoms with Crippen molar-refractivity contribution >= 4 is 37.8 Å². The minimum absolute atomic E-state index is 0.231. The lowest BCUT2D eigenvalue weighted by atomic mass is 10.0. The van der Waals surface area contributed by atoms with E-state index in [1.807, 2.05) is 6.07 Å². The van der Waals surface area contributed by atoms with Gasteiger partial charge in [-0.25, -0.2) is 4.79 Å². The molecule has 0 saturated heterocycles. The van der Waals surface area contributed by atoms with Gasteiger partial charge in [0, 0.05) is 10.0 Å². The average molecular weight is 532 g/mol. The lowest BCUT2D eigenvalue weighted by Gasteiger charge is -2.14. The van der Waals surface area contributed by atoms with Gasteiger partial charge < -0.3 is 9.84 Å². The summed E-state index contributed by atoms with van der Waals surface area (Å²) in [6.45, 7) is 6.31. The molecule has 0 aliphatic heterocycles. The van der Waals surface area contributed by atoms with Gasteiger partial charge in [0.15, 0.2) is 0 Å². The van der Waals surface area contributed by atoms with Gasteiger partial charge in [0.25, 0.3) is 0 Å². The van der Waals surface area contributed by atoms with Crippen molar-refractivity contribution in [2.24, 2.45) is 0 Å². The van der Waals surface area contributed by atoms with E-state index in [-0.39, 0.29) is 5.57 Å². The van der Waals surface area contributed by atoms with Gasteiger partial charge in [-0.05, 0) is 59.3 Å². The van der Waals surface area contributed by atoms with Crippen LogP contribution in [0.3, 0.4) is 0 Å². The number of carboxylic acid groups (broad SMARTS) is 1. The van der Waals surface area contributed by atoms with Crippen LogP contribution in [0.5, 0.6) is 5.75 Å². The first-order valence-corrected chi connectivity index (χ1v) is 12.6. The summed E-state index contributed by atoms with van der Waals surface area (Å²) in [5.74, 6) is -0.0541. The summed E-state index contributed by atoms with van der Waals surface area (Å²) >= 11 is 7.17. The highest BCUT2D eigenvalue weighted by molar-refractivity contribution is 9.11. The molecule has 1 aromatic rings. The van der Waals surface area contributed by atoms with E-state index in [0.717, 1.165) is 27.5 Å². The molecule has 3 nitrogen and oxygen atoms in total. The Morgan fingerprint density at radius 1 is 0.966 bits per heavy atom. The number of unbranched alkanes of at least 4 members (excludes halogenated alkanes) is 9. The molecule has 0 heterocycles. The third-order valence-electron chi connectivity index (χ3n) is 5.06. The number of carboxylic acids is 1.